The van der Waals surface area contributed by atoms with E-state index in [1.807, 2.05) is 6.20 Å². The van der Waals surface area contributed by atoms with E-state index in [2.05, 4.69) is 76.1 Å². The maximum absolute atomic E-state index is 6.39. The Morgan fingerprint density at radius 1 is 1.23 bits per heavy atom. The molecule has 0 amide bonds. The molecule has 4 rings (SSSR count). The fourth-order valence-corrected chi connectivity index (χ4v) is 4.42. The molecule has 2 aliphatic heterocycles. The van der Waals surface area contributed by atoms with Gasteiger partial charge in [0.1, 0.15) is 17.4 Å². The molecule has 2 aromatic rings. The Morgan fingerprint density at radius 2 is 1.97 bits per heavy atom. The predicted molar refractivity (Wildman–Crippen MR) is 127 cm³/mol. The lowest BCUT2D eigenvalue weighted by molar-refractivity contribution is 0.0237. The van der Waals surface area contributed by atoms with Crippen LogP contribution >= 0.6 is 0 Å². The van der Waals surface area contributed by atoms with Crippen molar-refractivity contribution in [2.45, 2.75) is 52.2 Å². The van der Waals surface area contributed by atoms with Crippen LogP contribution in [0.3, 0.4) is 0 Å². The number of fused-ring (bicyclic) bond motifs is 1. The number of quaternary nitrogens is 1. The van der Waals surface area contributed by atoms with Gasteiger partial charge in [0, 0.05) is 49.4 Å². The number of hydrogen-bond acceptors (Lipinski definition) is 5. The van der Waals surface area contributed by atoms with E-state index in [-0.39, 0.29) is 6.10 Å². The van der Waals surface area contributed by atoms with Gasteiger partial charge in [0.2, 0.25) is 5.88 Å². The molecule has 1 atom stereocenters. The SMILES string of the molecule is CCC(C)N(C)c1ccc(C2=N[N+](C)(C)c3ccnc(OC4CCOCC4)c32)cc1C. The van der Waals surface area contributed by atoms with E-state index in [9.17, 15) is 0 Å². The zero-order chi connectivity index (χ0) is 22.2. The summed E-state index contributed by atoms with van der Waals surface area (Å²) in [5.74, 6) is 0.685. The summed E-state index contributed by atoms with van der Waals surface area (Å²) in [6.45, 7) is 8.15. The summed E-state index contributed by atoms with van der Waals surface area (Å²) in [4.78, 5) is 6.98. The highest BCUT2D eigenvalue weighted by molar-refractivity contribution is 6.19. The van der Waals surface area contributed by atoms with Crippen molar-refractivity contribution in [3.8, 4) is 5.88 Å². The number of aromatic nitrogens is 1. The van der Waals surface area contributed by atoms with Crippen molar-refractivity contribution in [2.75, 3.05) is 39.3 Å². The molecule has 3 heterocycles. The number of ether oxygens (including phenoxy) is 2. The van der Waals surface area contributed by atoms with Crippen molar-refractivity contribution in [2.24, 2.45) is 5.10 Å². The van der Waals surface area contributed by atoms with Gasteiger partial charge in [-0.15, -0.1) is 0 Å². The van der Waals surface area contributed by atoms with Crippen molar-refractivity contribution >= 4 is 17.1 Å². The maximum Gasteiger partial charge on any atom is 0.229 e. The highest BCUT2D eigenvalue weighted by atomic mass is 16.5. The molecular formula is C25H35N4O2+. The Balaban J connectivity index is 1.72. The van der Waals surface area contributed by atoms with Gasteiger partial charge < -0.3 is 14.4 Å². The Bertz CT molecular complexity index is 979. The Morgan fingerprint density at radius 3 is 2.65 bits per heavy atom. The van der Waals surface area contributed by atoms with Crippen LogP contribution in [-0.2, 0) is 4.74 Å². The number of anilines is 1. The van der Waals surface area contributed by atoms with Crippen molar-refractivity contribution in [3.63, 3.8) is 0 Å². The van der Waals surface area contributed by atoms with E-state index in [0.29, 0.717) is 16.5 Å². The minimum absolute atomic E-state index is 0.138. The van der Waals surface area contributed by atoms with Gasteiger partial charge >= 0.3 is 0 Å². The van der Waals surface area contributed by atoms with Crippen LogP contribution < -0.4 is 14.2 Å². The average Bonchev–Trinajstić information content (AvgIpc) is 3.05. The van der Waals surface area contributed by atoms with Crippen LogP contribution in [0.25, 0.3) is 0 Å². The summed E-state index contributed by atoms with van der Waals surface area (Å²) in [6, 6.07) is 9.19. The molecule has 1 fully saturated rings. The zero-order valence-electron chi connectivity index (χ0n) is 19.7. The van der Waals surface area contributed by atoms with Gasteiger partial charge in [-0.2, -0.15) is 4.59 Å². The van der Waals surface area contributed by atoms with Crippen LogP contribution in [0.1, 0.15) is 49.8 Å². The first-order valence-corrected chi connectivity index (χ1v) is 11.3. The minimum atomic E-state index is 0.138. The van der Waals surface area contributed by atoms with E-state index in [1.165, 1.54) is 11.3 Å². The summed E-state index contributed by atoms with van der Waals surface area (Å²) in [5.41, 5.74) is 6.70. The average molecular weight is 424 g/mol. The number of pyridine rings is 1. The molecule has 0 radical (unpaired) electrons. The number of aryl methyl sites for hydroxylation is 1. The standard InChI is InChI=1S/C25H35N4O2/c1-7-18(3)28(4)21-9-8-19(16-17(21)2)24-23-22(29(5,6)27-24)10-13-26-25(23)31-20-11-14-30-15-12-20/h8-10,13,16,18,20H,7,11-12,14-15H2,1-6H3/q+1. The fraction of sp³-hybridized carbons (Fsp3) is 0.520. The van der Waals surface area contributed by atoms with E-state index >= 15 is 0 Å². The quantitative estimate of drug-likeness (QED) is 0.641. The van der Waals surface area contributed by atoms with Crippen molar-refractivity contribution in [1.82, 2.24) is 9.58 Å². The Kier molecular flexibility index (Phi) is 6.04. The molecule has 31 heavy (non-hydrogen) atoms. The largest absolute Gasteiger partial charge is 0.474 e. The summed E-state index contributed by atoms with van der Waals surface area (Å²) >= 11 is 0. The molecule has 1 aromatic carbocycles. The fourth-order valence-electron chi connectivity index (χ4n) is 4.42. The molecule has 0 saturated carbocycles. The molecule has 6 heteroatoms. The van der Waals surface area contributed by atoms with Crippen LogP contribution in [0, 0.1) is 6.92 Å². The molecular weight excluding hydrogens is 388 g/mol. The molecule has 6 nitrogen and oxygen atoms in total. The van der Waals surface area contributed by atoms with Gasteiger partial charge in [0.05, 0.1) is 27.3 Å². The molecule has 0 bridgehead atoms. The van der Waals surface area contributed by atoms with Gasteiger partial charge in [-0.1, -0.05) is 18.1 Å². The molecule has 1 unspecified atom stereocenters. The number of nitrogens with zero attached hydrogens (tertiary/aromatic N) is 4. The highest BCUT2D eigenvalue weighted by Crippen LogP contribution is 2.40. The van der Waals surface area contributed by atoms with Crippen LogP contribution in [0.2, 0.25) is 0 Å². The van der Waals surface area contributed by atoms with Gasteiger partial charge in [-0.05, 0) is 38.0 Å². The van der Waals surface area contributed by atoms with E-state index < -0.39 is 0 Å². The second kappa shape index (κ2) is 8.60. The summed E-state index contributed by atoms with van der Waals surface area (Å²) in [6.07, 6.45) is 4.87. The molecule has 166 valence electrons. The van der Waals surface area contributed by atoms with Crippen molar-refractivity contribution in [1.29, 1.82) is 0 Å². The molecule has 2 aliphatic rings. The number of rotatable bonds is 6. The predicted octanol–water partition coefficient (Wildman–Crippen LogP) is 4.52. The second-order valence-corrected chi connectivity index (χ2v) is 9.15. The van der Waals surface area contributed by atoms with Crippen LogP contribution in [-0.4, -0.2) is 57.2 Å². The highest BCUT2D eigenvalue weighted by Gasteiger charge is 2.38. The number of benzene rings is 1. The van der Waals surface area contributed by atoms with Gasteiger partial charge in [0.25, 0.3) is 0 Å². The lowest BCUT2D eigenvalue weighted by Gasteiger charge is -2.28. The lowest BCUT2D eigenvalue weighted by atomic mass is 9.99. The maximum atomic E-state index is 6.39. The molecule has 1 saturated heterocycles. The van der Waals surface area contributed by atoms with Crippen LogP contribution in [0.4, 0.5) is 11.4 Å². The topological polar surface area (TPSA) is 47.0 Å². The van der Waals surface area contributed by atoms with Crippen LogP contribution in [0.15, 0.2) is 35.6 Å². The van der Waals surface area contributed by atoms with E-state index in [1.54, 1.807) is 0 Å². The third-order valence-corrected chi connectivity index (χ3v) is 6.62. The molecule has 0 spiro atoms. The first-order valence-electron chi connectivity index (χ1n) is 11.3. The lowest BCUT2D eigenvalue weighted by Crippen LogP contribution is -2.31. The Labute approximate surface area is 186 Å². The third-order valence-electron chi connectivity index (χ3n) is 6.62. The van der Waals surface area contributed by atoms with Crippen molar-refractivity contribution in [3.05, 3.63) is 47.2 Å². The molecule has 0 N–H and O–H groups in total. The summed E-state index contributed by atoms with van der Waals surface area (Å²) in [7, 11) is 6.37. The number of hydrogen-bond donors (Lipinski definition) is 0. The zero-order valence-corrected chi connectivity index (χ0v) is 19.7. The normalized spacial score (nSPS) is 19.0. The molecule has 0 aliphatic carbocycles. The Hall–Kier alpha value is -2.44. The first-order chi connectivity index (χ1) is 14.8. The first kappa shape index (κ1) is 21.8. The van der Waals surface area contributed by atoms with Gasteiger partial charge in [-0.25, -0.2) is 4.98 Å². The minimum Gasteiger partial charge on any atom is -0.474 e. The van der Waals surface area contributed by atoms with Gasteiger partial charge in [0.15, 0.2) is 5.69 Å². The van der Waals surface area contributed by atoms with Gasteiger partial charge in [-0.3, -0.25) is 0 Å². The monoisotopic (exact) mass is 423 g/mol. The molecule has 1 aromatic heterocycles. The van der Waals surface area contributed by atoms with E-state index in [0.717, 1.165) is 55.0 Å². The second-order valence-electron chi connectivity index (χ2n) is 9.15. The smallest absolute Gasteiger partial charge is 0.229 e. The van der Waals surface area contributed by atoms with Crippen molar-refractivity contribution < 1.29 is 9.47 Å². The third kappa shape index (κ3) is 4.19. The van der Waals surface area contributed by atoms with E-state index in [4.69, 9.17) is 14.6 Å². The summed E-state index contributed by atoms with van der Waals surface area (Å²) < 4.78 is 12.3. The van der Waals surface area contributed by atoms with Crippen LogP contribution in [0.5, 0.6) is 5.88 Å². The summed E-state index contributed by atoms with van der Waals surface area (Å²) in [5, 5.41) is 5.08.